The molecule has 3 N–H and O–H groups in total. The monoisotopic (exact) mass is 268 g/mol. The lowest BCUT2D eigenvalue weighted by molar-refractivity contribution is -0.123. The van der Waals surface area contributed by atoms with Crippen molar-refractivity contribution >= 4 is 17.5 Å². The SMILES string of the molecule is CCCC[C@H](N)C(=O)N[C@@H](C)c1ccccc1Cl. The predicted molar refractivity (Wildman–Crippen MR) is 75.5 cm³/mol. The minimum atomic E-state index is -0.435. The van der Waals surface area contributed by atoms with E-state index in [-0.39, 0.29) is 11.9 Å². The Morgan fingerprint density at radius 1 is 1.44 bits per heavy atom. The third-order valence-corrected chi connectivity index (χ3v) is 3.28. The van der Waals surface area contributed by atoms with Crippen LogP contribution in [0.2, 0.25) is 5.02 Å². The molecule has 0 aliphatic heterocycles. The Morgan fingerprint density at radius 2 is 2.11 bits per heavy atom. The van der Waals surface area contributed by atoms with Crippen molar-refractivity contribution in [3.8, 4) is 0 Å². The summed E-state index contributed by atoms with van der Waals surface area (Å²) < 4.78 is 0. The number of carbonyl (C=O) groups is 1. The van der Waals surface area contributed by atoms with E-state index in [2.05, 4.69) is 12.2 Å². The van der Waals surface area contributed by atoms with E-state index in [1.807, 2.05) is 31.2 Å². The summed E-state index contributed by atoms with van der Waals surface area (Å²) in [7, 11) is 0. The van der Waals surface area contributed by atoms with Crippen LogP contribution in [0.25, 0.3) is 0 Å². The summed E-state index contributed by atoms with van der Waals surface area (Å²) >= 11 is 6.08. The number of hydrogen-bond donors (Lipinski definition) is 2. The number of carbonyl (C=O) groups excluding carboxylic acids is 1. The van der Waals surface area contributed by atoms with Gasteiger partial charge in [0.05, 0.1) is 12.1 Å². The summed E-state index contributed by atoms with van der Waals surface area (Å²) in [5, 5.41) is 3.56. The van der Waals surface area contributed by atoms with Gasteiger partial charge in [-0.2, -0.15) is 0 Å². The summed E-state index contributed by atoms with van der Waals surface area (Å²) in [5.41, 5.74) is 6.73. The van der Waals surface area contributed by atoms with Crippen LogP contribution in [0, 0.1) is 0 Å². The molecule has 0 saturated carbocycles. The lowest BCUT2D eigenvalue weighted by atomic mass is 10.1. The maximum atomic E-state index is 11.9. The van der Waals surface area contributed by atoms with Gasteiger partial charge >= 0.3 is 0 Å². The lowest BCUT2D eigenvalue weighted by Crippen LogP contribution is -2.41. The second kappa shape index (κ2) is 7.39. The minimum Gasteiger partial charge on any atom is -0.348 e. The Bertz CT molecular complexity index is 395. The third-order valence-electron chi connectivity index (χ3n) is 2.94. The topological polar surface area (TPSA) is 55.1 Å². The molecule has 2 atom stereocenters. The number of nitrogens with one attached hydrogen (secondary N) is 1. The van der Waals surface area contributed by atoms with Gasteiger partial charge in [0.1, 0.15) is 0 Å². The molecule has 1 aromatic rings. The molecule has 0 aromatic heterocycles. The number of amides is 1. The molecule has 18 heavy (non-hydrogen) atoms. The number of hydrogen-bond acceptors (Lipinski definition) is 2. The normalized spacial score (nSPS) is 14.0. The second-order valence-corrected chi connectivity index (χ2v) is 4.91. The van der Waals surface area contributed by atoms with Crippen molar-refractivity contribution in [3.05, 3.63) is 34.9 Å². The van der Waals surface area contributed by atoms with Crippen molar-refractivity contribution in [2.45, 2.75) is 45.2 Å². The van der Waals surface area contributed by atoms with Gasteiger partial charge in [-0.1, -0.05) is 49.6 Å². The Morgan fingerprint density at radius 3 is 2.72 bits per heavy atom. The Hall–Kier alpha value is -1.06. The van der Waals surface area contributed by atoms with Crippen LogP contribution in [-0.4, -0.2) is 11.9 Å². The summed E-state index contributed by atoms with van der Waals surface area (Å²) in [6, 6.07) is 6.93. The maximum Gasteiger partial charge on any atom is 0.237 e. The summed E-state index contributed by atoms with van der Waals surface area (Å²) in [6.07, 6.45) is 2.73. The molecule has 1 rings (SSSR count). The quantitative estimate of drug-likeness (QED) is 0.833. The lowest BCUT2D eigenvalue weighted by Gasteiger charge is -2.18. The third kappa shape index (κ3) is 4.31. The van der Waals surface area contributed by atoms with E-state index in [0.29, 0.717) is 5.02 Å². The van der Waals surface area contributed by atoms with Gasteiger partial charge in [0.15, 0.2) is 0 Å². The second-order valence-electron chi connectivity index (χ2n) is 4.50. The van der Waals surface area contributed by atoms with Crippen molar-refractivity contribution in [1.29, 1.82) is 0 Å². The van der Waals surface area contributed by atoms with E-state index >= 15 is 0 Å². The first-order chi connectivity index (χ1) is 8.56. The number of benzene rings is 1. The highest BCUT2D eigenvalue weighted by Crippen LogP contribution is 2.22. The van der Waals surface area contributed by atoms with Crippen LogP contribution in [0.15, 0.2) is 24.3 Å². The number of nitrogens with two attached hydrogens (primary N) is 1. The van der Waals surface area contributed by atoms with Crippen LogP contribution in [0.4, 0.5) is 0 Å². The molecule has 0 heterocycles. The summed E-state index contributed by atoms with van der Waals surface area (Å²) in [4.78, 5) is 11.9. The molecule has 3 nitrogen and oxygen atoms in total. The minimum absolute atomic E-state index is 0.115. The molecule has 1 amide bonds. The first kappa shape index (κ1) is 15.0. The van der Waals surface area contributed by atoms with E-state index in [1.54, 1.807) is 0 Å². The zero-order valence-electron chi connectivity index (χ0n) is 10.9. The molecule has 0 spiro atoms. The Kier molecular flexibility index (Phi) is 6.16. The summed E-state index contributed by atoms with van der Waals surface area (Å²) in [5.74, 6) is -0.115. The van der Waals surface area contributed by atoms with E-state index in [1.165, 1.54) is 0 Å². The van der Waals surface area contributed by atoms with Gasteiger partial charge in [0, 0.05) is 5.02 Å². The Labute approximate surface area is 114 Å². The van der Waals surface area contributed by atoms with Gasteiger partial charge in [-0.3, -0.25) is 4.79 Å². The first-order valence-corrected chi connectivity index (χ1v) is 6.74. The fraction of sp³-hybridized carbons (Fsp3) is 0.500. The van der Waals surface area contributed by atoms with Gasteiger partial charge < -0.3 is 11.1 Å². The molecule has 100 valence electrons. The van der Waals surface area contributed by atoms with Gasteiger partial charge in [0.25, 0.3) is 0 Å². The zero-order valence-corrected chi connectivity index (χ0v) is 11.7. The molecule has 0 bridgehead atoms. The van der Waals surface area contributed by atoms with Crippen molar-refractivity contribution < 1.29 is 4.79 Å². The van der Waals surface area contributed by atoms with Gasteiger partial charge in [-0.05, 0) is 25.0 Å². The number of unbranched alkanes of at least 4 members (excludes halogenated alkanes) is 1. The van der Waals surface area contributed by atoms with Gasteiger partial charge in [0.2, 0.25) is 5.91 Å². The molecule has 0 saturated heterocycles. The van der Waals surface area contributed by atoms with Gasteiger partial charge in [-0.25, -0.2) is 0 Å². The van der Waals surface area contributed by atoms with Crippen LogP contribution >= 0.6 is 11.6 Å². The van der Waals surface area contributed by atoms with E-state index in [0.717, 1.165) is 24.8 Å². The van der Waals surface area contributed by atoms with Crippen LogP contribution in [0.1, 0.15) is 44.7 Å². The van der Waals surface area contributed by atoms with Gasteiger partial charge in [-0.15, -0.1) is 0 Å². The zero-order chi connectivity index (χ0) is 13.5. The maximum absolute atomic E-state index is 11.9. The fourth-order valence-corrected chi connectivity index (χ4v) is 2.08. The molecule has 0 aliphatic rings. The van der Waals surface area contributed by atoms with Crippen molar-refractivity contribution in [3.63, 3.8) is 0 Å². The van der Waals surface area contributed by atoms with Crippen molar-refractivity contribution in [1.82, 2.24) is 5.32 Å². The standard InChI is InChI=1S/C14H21ClN2O/c1-3-4-9-13(16)14(18)17-10(2)11-7-5-6-8-12(11)15/h5-8,10,13H,3-4,9,16H2,1-2H3,(H,17,18)/t10-,13-/m0/s1. The van der Waals surface area contributed by atoms with E-state index in [4.69, 9.17) is 17.3 Å². The molecule has 0 radical (unpaired) electrons. The smallest absolute Gasteiger partial charge is 0.237 e. The fourth-order valence-electron chi connectivity index (χ4n) is 1.78. The van der Waals surface area contributed by atoms with Crippen LogP contribution in [-0.2, 0) is 4.79 Å². The largest absolute Gasteiger partial charge is 0.348 e. The number of rotatable bonds is 6. The molecular formula is C14H21ClN2O. The number of halogens is 1. The molecule has 1 aromatic carbocycles. The molecule has 0 fully saturated rings. The molecule has 0 unspecified atom stereocenters. The predicted octanol–water partition coefficient (Wildman–Crippen LogP) is 3.03. The average molecular weight is 269 g/mol. The Balaban J connectivity index is 2.57. The van der Waals surface area contributed by atoms with E-state index in [9.17, 15) is 4.79 Å². The van der Waals surface area contributed by atoms with E-state index < -0.39 is 6.04 Å². The van der Waals surface area contributed by atoms with Crippen LogP contribution in [0.5, 0.6) is 0 Å². The van der Waals surface area contributed by atoms with Crippen molar-refractivity contribution in [2.75, 3.05) is 0 Å². The highest BCUT2D eigenvalue weighted by Gasteiger charge is 2.17. The molecule has 0 aliphatic carbocycles. The highest BCUT2D eigenvalue weighted by molar-refractivity contribution is 6.31. The average Bonchev–Trinajstić information content (AvgIpc) is 2.36. The molecule has 4 heteroatoms. The van der Waals surface area contributed by atoms with Crippen LogP contribution in [0.3, 0.4) is 0 Å². The summed E-state index contributed by atoms with van der Waals surface area (Å²) in [6.45, 7) is 3.99. The van der Waals surface area contributed by atoms with Crippen LogP contribution < -0.4 is 11.1 Å². The molecular weight excluding hydrogens is 248 g/mol. The van der Waals surface area contributed by atoms with Crippen molar-refractivity contribution in [2.24, 2.45) is 5.73 Å². The first-order valence-electron chi connectivity index (χ1n) is 6.36. The highest BCUT2D eigenvalue weighted by atomic mass is 35.5.